The lowest BCUT2D eigenvalue weighted by atomic mass is 10.1. The monoisotopic (exact) mass is 309 g/mol. The van der Waals surface area contributed by atoms with Crippen LogP contribution in [0.15, 0.2) is 0 Å². The van der Waals surface area contributed by atoms with Gasteiger partial charge in [-0.05, 0) is 26.7 Å². The first kappa shape index (κ1) is 18.7. The second-order valence-electron chi connectivity index (χ2n) is 5.75. The molecule has 0 rings (SSSR count). The van der Waals surface area contributed by atoms with E-state index in [4.69, 9.17) is 4.74 Å². The van der Waals surface area contributed by atoms with Crippen molar-refractivity contribution in [3.8, 4) is 0 Å². The van der Waals surface area contributed by atoms with Crippen LogP contribution in [0.5, 0.6) is 0 Å². The smallest absolute Gasteiger partial charge is 0.424 e. The van der Waals surface area contributed by atoms with Gasteiger partial charge in [0.15, 0.2) is 6.04 Å². The van der Waals surface area contributed by atoms with Gasteiger partial charge in [-0.25, -0.2) is 18.0 Å². The van der Waals surface area contributed by atoms with Crippen molar-refractivity contribution in [3.63, 3.8) is 0 Å². The molecular formula is C12H23NO6S. The van der Waals surface area contributed by atoms with E-state index in [9.17, 15) is 18.0 Å². The number of rotatable bonds is 4. The number of ether oxygens (including phenoxy) is 2. The maximum Gasteiger partial charge on any atom is 0.424 e. The van der Waals surface area contributed by atoms with E-state index in [1.807, 2.05) is 0 Å². The van der Waals surface area contributed by atoms with Gasteiger partial charge < -0.3 is 9.47 Å². The quantitative estimate of drug-likeness (QED) is 0.729. The standard InChI is InChI=1S/C12H23NO6S/c1-8(2)9(10(14)18-6)13(20(7,16)17)11(15)19-12(3,4)5/h8-9H,1-7H3. The number of hydrogen-bond donors (Lipinski definition) is 0. The van der Waals surface area contributed by atoms with Gasteiger partial charge in [-0.15, -0.1) is 0 Å². The van der Waals surface area contributed by atoms with E-state index in [0.29, 0.717) is 4.31 Å². The van der Waals surface area contributed by atoms with Crippen molar-refractivity contribution in [2.24, 2.45) is 5.92 Å². The summed E-state index contributed by atoms with van der Waals surface area (Å²) in [5.41, 5.74) is -0.877. The molecule has 0 saturated heterocycles. The number of carbonyl (C=O) groups excluding carboxylic acids is 2. The van der Waals surface area contributed by atoms with Gasteiger partial charge >= 0.3 is 12.1 Å². The molecule has 0 aromatic heterocycles. The second kappa shape index (κ2) is 6.43. The molecule has 0 saturated carbocycles. The highest BCUT2D eigenvalue weighted by Gasteiger charge is 2.41. The Morgan fingerprint density at radius 1 is 1.15 bits per heavy atom. The van der Waals surface area contributed by atoms with E-state index in [0.717, 1.165) is 13.4 Å². The molecule has 0 aliphatic carbocycles. The Bertz CT molecular complexity index is 463. The number of esters is 1. The summed E-state index contributed by atoms with van der Waals surface area (Å²) in [7, 11) is -2.85. The topological polar surface area (TPSA) is 90.0 Å². The number of amides is 1. The molecule has 0 N–H and O–H groups in total. The van der Waals surface area contributed by atoms with Crippen LogP contribution in [0.1, 0.15) is 34.6 Å². The van der Waals surface area contributed by atoms with Crippen molar-refractivity contribution in [3.05, 3.63) is 0 Å². The lowest BCUT2D eigenvalue weighted by Crippen LogP contribution is -2.52. The summed E-state index contributed by atoms with van der Waals surface area (Å²) < 4.78 is 33.8. The van der Waals surface area contributed by atoms with Gasteiger partial charge in [-0.2, -0.15) is 4.31 Å². The van der Waals surface area contributed by atoms with Gasteiger partial charge in [-0.1, -0.05) is 13.8 Å². The average Bonchev–Trinajstić information content (AvgIpc) is 2.19. The van der Waals surface area contributed by atoms with Crippen LogP contribution in [0.25, 0.3) is 0 Å². The predicted molar refractivity (Wildman–Crippen MR) is 73.6 cm³/mol. The van der Waals surface area contributed by atoms with Crippen LogP contribution in [0.4, 0.5) is 4.79 Å². The molecule has 0 aliphatic heterocycles. The molecule has 0 aromatic carbocycles. The lowest BCUT2D eigenvalue weighted by molar-refractivity contribution is -0.146. The number of methoxy groups -OCH3 is 1. The first-order valence-electron chi connectivity index (χ1n) is 6.11. The maximum atomic E-state index is 12.1. The van der Waals surface area contributed by atoms with Gasteiger partial charge in [0.25, 0.3) is 0 Å². The summed E-state index contributed by atoms with van der Waals surface area (Å²) >= 11 is 0. The molecular weight excluding hydrogens is 286 g/mol. The zero-order valence-electron chi connectivity index (χ0n) is 13.0. The van der Waals surface area contributed by atoms with Crippen molar-refractivity contribution in [1.29, 1.82) is 0 Å². The SMILES string of the molecule is COC(=O)C(C(C)C)N(C(=O)OC(C)(C)C)S(C)(=O)=O. The highest BCUT2D eigenvalue weighted by molar-refractivity contribution is 7.88. The Hall–Kier alpha value is -1.31. The minimum atomic E-state index is -3.98. The fourth-order valence-electron chi connectivity index (χ4n) is 1.52. The summed E-state index contributed by atoms with van der Waals surface area (Å²) in [5, 5.41) is 0. The Kier molecular flexibility index (Phi) is 6.01. The molecule has 0 radical (unpaired) electrons. The molecule has 1 amide bonds. The number of sulfonamides is 1. The largest absolute Gasteiger partial charge is 0.467 e. The third-order valence-electron chi connectivity index (χ3n) is 2.26. The van der Waals surface area contributed by atoms with Gasteiger partial charge in [0.05, 0.1) is 13.4 Å². The third kappa shape index (κ3) is 5.36. The van der Waals surface area contributed by atoms with Crippen LogP contribution in [-0.4, -0.2) is 49.8 Å². The Morgan fingerprint density at radius 2 is 1.60 bits per heavy atom. The Balaban J connectivity index is 5.67. The Morgan fingerprint density at radius 3 is 1.85 bits per heavy atom. The van der Waals surface area contributed by atoms with Gasteiger partial charge in [-0.3, -0.25) is 0 Å². The molecule has 0 heterocycles. The minimum absolute atomic E-state index is 0.439. The first-order chi connectivity index (χ1) is 8.81. The summed E-state index contributed by atoms with van der Waals surface area (Å²) in [6.45, 7) is 8.05. The van der Waals surface area contributed by atoms with E-state index >= 15 is 0 Å². The summed E-state index contributed by atoms with van der Waals surface area (Å²) in [5.74, 6) is -1.26. The summed E-state index contributed by atoms with van der Waals surface area (Å²) in [6.07, 6.45) is -0.251. The zero-order valence-corrected chi connectivity index (χ0v) is 13.8. The van der Waals surface area contributed by atoms with E-state index in [-0.39, 0.29) is 0 Å². The van der Waals surface area contributed by atoms with Gasteiger partial charge in [0, 0.05) is 0 Å². The van der Waals surface area contributed by atoms with Crippen LogP contribution in [0, 0.1) is 5.92 Å². The number of hydrogen-bond acceptors (Lipinski definition) is 6. The molecule has 20 heavy (non-hydrogen) atoms. The van der Waals surface area contributed by atoms with Gasteiger partial charge in [0.2, 0.25) is 10.0 Å². The highest BCUT2D eigenvalue weighted by atomic mass is 32.2. The van der Waals surface area contributed by atoms with E-state index in [1.54, 1.807) is 34.6 Å². The molecule has 0 fully saturated rings. The van der Waals surface area contributed by atoms with E-state index in [2.05, 4.69) is 4.74 Å². The molecule has 118 valence electrons. The van der Waals surface area contributed by atoms with Crippen LogP contribution in [0.2, 0.25) is 0 Å². The predicted octanol–water partition coefficient (Wildman–Crippen LogP) is 1.38. The summed E-state index contributed by atoms with van der Waals surface area (Å²) in [4.78, 5) is 23.9. The zero-order chi connectivity index (χ0) is 16.3. The third-order valence-corrected chi connectivity index (χ3v) is 3.35. The molecule has 0 aromatic rings. The first-order valence-corrected chi connectivity index (χ1v) is 7.96. The van der Waals surface area contributed by atoms with Crippen molar-refractivity contribution in [2.45, 2.75) is 46.3 Å². The second-order valence-corrected chi connectivity index (χ2v) is 7.61. The molecule has 0 spiro atoms. The van der Waals surface area contributed by atoms with Crippen molar-refractivity contribution < 1.29 is 27.5 Å². The van der Waals surface area contributed by atoms with E-state index in [1.165, 1.54) is 0 Å². The van der Waals surface area contributed by atoms with Crippen LogP contribution >= 0.6 is 0 Å². The van der Waals surface area contributed by atoms with Crippen molar-refractivity contribution in [2.75, 3.05) is 13.4 Å². The molecule has 1 atom stereocenters. The summed E-state index contributed by atoms with van der Waals surface area (Å²) in [6, 6.07) is -1.26. The maximum absolute atomic E-state index is 12.1. The normalized spacial score (nSPS) is 13.8. The highest BCUT2D eigenvalue weighted by Crippen LogP contribution is 2.20. The Labute approximate surface area is 120 Å². The van der Waals surface area contributed by atoms with Crippen LogP contribution in [0.3, 0.4) is 0 Å². The van der Waals surface area contributed by atoms with E-state index < -0.39 is 39.6 Å². The lowest BCUT2D eigenvalue weighted by Gasteiger charge is -2.32. The molecule has 0 bridgehead atoms. The van der Waals surface area contributed by atoms with Crippen molar-refractivity contribution >= 4 is 22.1 Å². The number of carbonyl (C=O) groups is 2. The minimum Gasteiger partial charge on any atom is -0.467 e. The fraction of sp³-hybridized carbons (Fsp3) is 0.833. The number of nitrogens with zero attached hydrogens (tertiary/aromatic N) is 1. The van der Waals surface area contributed by atoms with Crippen LogP contribution in [-0.2, 0) is 24.3 Å². The molecule has 1 unspecified atom stereocenters. The van der Waals surface area contributed by atoms with Crippen molar-refractivity contribution in [1.82, 2.24) is 4.31 Å². The van der Waals surface area contributed by atoms with Gasteiger partial charge in [0.1, 0.15) is 5.60 Å². The average molecular weight is 309 g/mol. The fourth-order valence-corrected chi connectivity index (χ4v) is 2.57. The molecule has 7 nitrogen and oxygen atoms in total. The molecule has 0 aliphatic rings. The molecule has 8 heteroatoms. The van der Waals surface area contributed by atoms with Crippen LogP contribution < -0.4 is 0 Å².